The van der Waals surface area contributed by atoms with Gasteiger partial charge in [0.25, 0.3) is 0 Å². The van der Waals surface area contributed by atoms with Gasteiger partial charge in [0.2, 0.25) is 0 Å². The van der Waals surface area contributed by atoms with Crippen LogP contribution in [0, 0.1) is 5.92 Å². The van der Waals surface area contributed by atoms with Gasteiger partial charge in [-0.2, -0.15) is 0 Å². The molecule has 2 heteroatoms. The lowest BCUT2D eigenvalue weighted by Gasteiger charge is -2.21. The summed E-state index contributed by atoms with van der Waals surface area (Å²) in [7, 11) is 0. The first-order valence-electron chi connectivity index (χ1n) is 5.65. The van der Waals surface area contributed by atoms with Gasteiger partial charge in [0.1, 0.15) is 0 Å². The highest BCUT2D eigenvalue weighted by Crippen LogP contribution is 2.27. The van der Waals surface area contributed by atoms with Gasteiger partial charge in [-0.05, 0) is 18.8 Å². The van der Waals surface area contributed by atoms with Crippen LogP contribution in [-0.2, 0) is 0 Å². The molecule has 0 aromatic heterocycles. The number of hydrogen-bond donors (Lipinski definition) is 2. The average Bonchev–Trinajstić information content (AvgIpc) is 2.14. The molecular weight excluding hydrogens is 164 g/mol. The van der Waals surface area contributed by atoms with Gasteiger partial charge in [0, 0.05) is 0 Å². The van der Waals surface area contributed by atoms with Crippen molar-refractivity contribution in [3.05, 3.63) is 0 Å². The van der Waals surface area contributed by atoms with Crippen LogP contribution in [0.3, 0.4) is 0 Å². The van der Waals surface area contributed by atoms with E-state index in [0.717, 1.165) is 12.3 Å². The van der Waals surface area contributed by atoms with Crippen LogP contribution >= 0.6 is 0 Å². The van der Waals surface area contributed by atoms with Crippen LogP contribution in [0.2, 0.25) is 0 Å². The van der Waals surface area contributed by atoms with E-state index in [2.05, 4.69) is 0 Å². The van der Waals surface area contributed by atoms with E-state index in [9.17, 15) is 0 Å². The molecule has 1 aliphatic rings. The largest absolute Gasteiger partial charge is 0.368 e. The summed E-state index contributed by atoms with van der Waals surface area (Å²) in [6, 6.07) is 0. The third-order valence-electron chi connectivity index (χ3n) is 3.05. The molecule has 0 saturated heterocycles. The first kappa shape index (κ1) is 11.0. The molecule has 0 unspecified atom stereocenters. The molecule has 2 nitrogen and oxygen atoms in total. The van der Waals surface area contributed by atoms with E-state index in [0.29, 0.717) is 6.42 Å². The molecule has 0 aromatic rings. The molecule has 0 aliphatic heterocycles. The van der Waals surface area contributed by atoms with Gasteiger partial charge in [-0.3, -0.25) is 0 Å². The summed E-state index contributed by atoms with van der Waals surface area (Å²) in [4.78, 5) is 0. The minimum Gasteiger partial charge on any atom is -0.368 e. The van der Waals surface area contributed by atoms with Crippen LogP contribution in [0.5, 0.6) is 0 Å². The lowest BCUT2D eigenvalue weighted by molar-refractivity contribution is -0.0467. The van der Waals surface area contributed by atoms with E-state index < -0.39 is 6.29 Å². The van der Waals surface area contributed by atoms with Gasteiger partial charge in [0.15, 0.2) is 6.29 Å². The third-order valence-corrected chi connectivity index (χ3v) is 3.05. The van der Waals surface area contributed by atoms with Crippen molar-refractivity contribution in [3.8, 4) is 0 Å². The second-order valence-corrected chi connectivity index (χ2v) is 4.27. The summed E-state index contributed by atoms with van der Waals surface area (Å²) in [5.41, 5.74) is 0. The molecule has 0 heterocycles. The summed E-state index contributed by atoms with van der Waals surface area (Å²) in [6.45, 7) is 0. The Hall–Kier alpha value is -0.0800. The predicted molar refractivity (Wildman–Crippen MR) is 53.3 cm³/mol. The Bertz CT molecular complexity index is 117. The molecule has 1 rings (SSSR count). The van der Waals surface area contributed by atoms with Crippen LogP contribution in [0.1, 0.15) is 57.8 Å². The number of rotatable bonds is 5. The molecule has 0 amide bonds. The van der Waals surface area contributed by atoms with Crippen LogP contribution in [0.4, 0.5) is 0 Å². The van der Waals surface area contributed by atoms with E-state index in [1.54, 1.807) is 0 Å². The van der Waals surface area contributed by atoms with Crippen molar-refractivity contribution in [2.24, 2.45) is 5.92 Å². The molecule has 0 radical (unpaired) electrons. The second kappa shape index (κ2) is 6.39. The van der Waals surface area contributed by atoms with Crippen LogP contribution in [0.15, 0.2) is 0 Å². The summed E-state index contributed by atoms with van der Waals surface area (Å²) in [5.74, 6) is 0.935. The fourth-order valence-corrected chi connectivity index (χ4v) is 2.24. The molecule has 0 atom stereocenters. The summed E-state index contributed by atoms with van der Waals surface area (Å²) in [6.07, 6.45) is 9.94. The van der Waals surface area contributed by atoms with Crippen LogP contribution < -0.4 is 0 Å². The predicted octanol–water partition coefficient (Wildman–Crippen LogP) is 2.44. The zero-order valence-electron chi connectivity index (χ0n) is 8.41. The van der Waals surface area contributed by atoms with Crippen LogP contribution in [0.25, 0.3) is 0 Å². The van der Waals surface area contributed by atoms with E-state index in [4.69, 9.17) is 10.2 Å². The smallest absolute Gasteiger partial charge is 0.151 e. The Morgan fingerprint density at radius 2 is 1.69 bits per heavy atom. The molecular formula is C11H22O2. The Labute approximate surface area is 81.0 Å². The monoisotopic (exact) mass is 186 g/mol. The summed E-state index contributed by atoms with van der Waals surface area (Å²) >= 11 is 0. The molecule has 1 saturated carbocycles. The quantitative estimate of drug-likeness (QED) is 0.511. The van der Waals surface area contributed by atoms with Crippen LogP contribution in [-0.4, -0.2) is 16.5 Å². The van der Waals surface area contributed by atoms with E-state index in [1.165, 1.54) is 44.9 Å². The topological polar surface area (TPSA) is 40.5 Å². The van der Waals surface area contributed by atoms with E-state index in [-0.39, 0.29) is 0 Å². The Balaban J connectivity index is 1.92. The maximum atomic E-state index is 8.64. The lowest BCUT2D eigenvalue weighted by atomic mass is 9.85. The van der Waals surface area contributed by atoms with Gasteiger partial charge in [0.05, 0.1) is 0 Å². The van der Waals surface area contributed by atoms with Crippen molar-refractivity contribution in [1.29, 1.82) is 0 Å². The molecule has 1 aliphatic carbocycles. The van der Waals surface area contributed by atoms with Gasteiger partial charge in [-0.25, -0.2) is 0 Å². The summed E-state index contributed by atoms with van der Waals surface area (Å²) in [5, 5.41) is 17.3. The highest BCUT2D eigenvalue weighted by Gasteiger charge is 2.12. The molecule has 78 valence electrons. The van der Waals surface area contributed by atoms with Gasteiger partial charge >= 0.3 is 0 Å². The number of aliphatic hydroxyl groups excluding tert-OH is 1. The average molecular weight is 186 g/mol. The molecule has 0 spiro atoms. The lowest BCUT2D eigenvalue weighted by Crippen LogP contribution is -2.07. The first-order chi connectivity index (χ1) is 6.29. The fourth-order valence-electron chi connectivity index (χ4n) is 2.24. The Kier molecular flexibility index (Phi) is 5.40. The van der Waals surface area contributed by atoms with Gasteiger partial charge < -0.3 is 10.2 Å². The number of hydrogen-bond acceptors (Lipinski definition) is 2. The van der Waals surface area contributed by atoms with Crippen molar-refractivity contribution in [2.75, 3.05) is 0 Å². The zero-order valence-corrected chi connectivity index (χ0v) is 8.41. The van der Waals surface area contributed by atoms with Crippen molar-refractivity contribution in [1.82, 2.24) is 0 Å². The molecule has 0 bridgehead atoms. The van der Waals surface area contributed by atoms with Crippen molar-refractivity contribution in [3.63, 3.8) is 0 Å². The highest BCUT2D eigenvalue weighted by atomic mass is 16.5. The number of aliphatic hydroxyl groups is 2. The molecule has 2 N–H and O–H groups in total. The van der Waals surface area contributed by atoms with Gasteiger partial charge in [-0.15, -0.1) is 0 Å². The molecule has 0 aromatic carbocycles. The van der Waals surface area contributed by atoms with Crippen molar-refractivity contribution >= 4 is 0 Å². The minimum absolute atomic E-state index is 0.548. The van der Waals surface area contributed by atoms with E-state index >= 15 is 0 Å². The number of unbranched alkanes of at least 4 members (excludes halogenated alkanes) is 1. The Morgan fingerprint density at radius 1 is 1.00 bits per heavy atom. The SMILES string of the molecule is OC(O)CCCCC1CCCCC1. The molecule has 13 heavy (non-hydrogen) atoms. The standard InChI is InChI=1S/C11H22O2/c12-11(13)9-5-4-8-10-6-2-1-3-7-10/h10-13H,1-9H2. The van der Waals surface area contributed by atoms with Crippen molar-refractivity contribution in [2.45, 2.75) is 64.1 Å². The zero-order chi connectivity index (χ0) is 9.52. The first-order valence-corrected chi connectivity index (χ1v) is 5.65. The second-order valence-electron chi connectivity index (χ2n) is 4.27. The highest BCUT2D eigenvalue weighted by molar-refractivity contribution is 4.65. The van der Waals surface area contributed by atoms with Gasteiger partial charge in [-0.1, -0.05) is 44.9 Å². The maximum absolute atomic E-state index is 8.64. The summed E-state index contributed by atoms with van der Waals surface area (Å²) < 4.78 is 0. The van der Waals surface area contributed by atoms with Crippen molar-refractivity contribution < 1.29 is 10.2 Å². The fraction of sp³-hybridized carbons (Fsp3) is 1.00. The Morgan fingerprint density at radius 3 is 2.31 bits per heavy atom. The third kappa shape index (κ3) is 5.27. The minimum atomic E-state index is -1.09. The van der Waals surface area contributed by atoms with E-state index in [1.807, 2.05) is 0 Å². The molecule has 1 fully saturated rings. The normalized spacial score (nSPS) is 19.6. The maximum Gasteiger partial charge on any atom is 0.151 e.